The van der Waals surface area contributed by atoms with Gasteiger partial charge in [0.2, 0.25) is 0 Å². The van der Waals surface area contributed by atoms with Crippen molar-refractivity contribution >= 4 is 17.3 Å². The SMILES string of the molecule is CCC1Oc2ccc([N+](=O)[O-])cc2N(CCCCN)C1=O. The molecule has 2 N–H and O–H groups in total. The second kappa shape index (κ2) is 6.53. The predicted molar refractivity (Wildman–Crippen MR) is 78.4 cm³/mol. The second-order valence-corrected chi connectivity index (χ2v) is 4.91. The van der Waals surface area contributed by atoms with Crippen LogP contribution in [-0.2, 0) is 4.79 Å². The second-order valence-electron chi connectivity index (χ2n) is 4.91. The van der Waals surface area contributed by atoms with Crippen LogP contribution in [0.15, 0.2) is 18.2 Å². The molecule has 1 amide bonds. The summed E-state index contributed by atoms with van der Waals surface area (Å²) >= 11 is 0. The van der Waals surface area contributed by atoms with E-state index in [1.54, 1.807) is 11.0 Å². The van der Waals surface area contributed by atoms with E-state index in [-0.39, 0.29) is 11.6 Å². The molecule has 0 fully saturated rings. The maximum Gasteiger partial charge on any atom is 0.271 e. The molecule has 114 valence electrons. The Balaban J connectivity index is 2.35. The Morgan fingerprint density at radius 1 is 1.43 bits per heavy atom. The minimum atomic E-state index is -0.531. The van der Waals surface area contributed by atoms with Gasteiger partial charge < -0.3 is 15.4 Å². The van der Waals surface area contributed by atoms with Crippen LogP contribution in [0.3, 0.4) is 0 Å². The number of nitrogens with two attached hydrogens (primary N) is 1. The number of nitrogens with zero attached hydrogens (tertiary/aromatic N) is 2. The molecule has 1 unspecified atom stereocenters. The van der Waals surface area contributed by atoms with Gasteiger partial charge in [-0.25, -0.2) is 0 Å². The van der Waals surface area contributed by atoms with Crippen molar-refractivity contribution in [3.63, 3.8) is 0 Å². The van der Waals surface area contributed by atoms with Crippen LogP contribution in [0, 0.1) is 10.1 Å². The highest BCUT2D eigenvalue weighted by Gasteiger charge is 2.33. The smallest absolute Gasteiger partial charge is 0.271 e. The third kappa shape index (κ3) is 3.13. The fourth-order valence-electron chi connectivity index (χ4n) is 2.33. The van der Waals surface area contributed by atoms with Crippen molar-refractivity contribution in [2.24, 2.45) is 5.73 Å². The number of benzene rings is 1. The van der Waals surface area contributed by atoms with E-state index in [9.17, 15) is 14.9 Å². The van der Waals surface area contributed by atoms with Crippen molar-refractivity contribution in [1.82, 2.24) is 0 Å². The van der Waals surface area contributed by atoms with Gasteiger partial charge in [-0.05, 0) is 31.9 Å². The lowest BCUT2D eigenvalue weighted by Gasteiger charge is -2.33. The summed E-state index contributed by atoms with van der Waals surface area (Å²) in [4.78, 5) is 24.4. The Hall–Kier alpha value is -2.15. The van der Waals surface area contributed by atoms with Crippen LogP contribution in [0.5, 0.6) is 5.75 Å². The summed E-state index contributed by atoms with van der Waals surface area (Å²) < 4.78 is 5.63. The molecule has 1 atom stereocenters. The minimum absolute atomic E-state index is 0.0519. The molecule has 0 saturated carbocycles. The molecule has 0 bridgehead atoms. The highest BCUT2D eigenvalue weighted by molar-refractivity contribution is 6.00. The average Bonchev–Trinajstić information content (AvgIpc) is 2.48. The monoisotopic (exact) mass is 293 g/mol. The van der Waals surface area contributed by atoms with Gasteiger partial charge in [0.25, 0.3) is 11.6 Å². The fourth-order valence-corrected chi connectivity index (χ4v) is 2.33. The Morgan fingerprint density at radius 3 is 2.81 bits per heavy atom. The molecule has 2 rings (SSSR count). The Labute approximate surface area is 122 Å². The van der Waals surface area contributed by atoms with E-state index in [0.29, 0.717) is 30.9 Å². The molecule has 1 aliphatic rings. The standard InChI is InChI=1S/C14H19N3O4/c1-2-12-14(18)16(8-4-3-7-15)11-9-10(17(19)20)5-6-13(11)21-12/h5-6,9,12H,2-4,7-8,15H2,1H3. The number of anilines is 1. The van der Waals surface area contributed by atoms with Crippen LogP contribution in [0.25, 0.3) is 0 Å². The lowest BCUT2D eigenvalue weighted by Crippen LogP contribution is -2.46. The summed E-state index contributed by atoms with van der Waals surface area (Å²) in [6, 6.07) is 4.33. The van der Waals surface area contributed by atoms with Crippen LogP contribution in [0.2, 0.25) is 0 Å². The van der Waals surface area contributed by atoms with E-state index < -0.39 is 11.0 Å². The number of hydrogen-bond donors (Lipinski definition) is 1. The first kappa shape index (κ1) is 15.2. The third-order valence-corrected chi connectivity index (χ3v) is 3.46. The van der Waals surface area contributed by atoms with Crippen LogP contribution in [0.1, 0.15) is 26.2 Å². The van der Waals surface area contributed by atoms with Crippen molar-refractivity contribution in [1.29, 1.82) is 0 Å². The maximum absolute atomic E-state index is 12.4. The first-order chi connectivity index (χ1) is 10.1. The summed E-state index contributed by atoms with van der Waals surface area (Å²) in [6.07, 6.45) is 1.58. The molecule has 0 aliphatic carbocycles. The third-order valence-electron chi connectivity index (χ3n) is 3.46. The zero-order valence-electron chi connectivity index (χ0n) is 11.9. The van der Waals surface area contributed by atoms with E-state index in [1.165, 1.54) is 12.1 Å². The topological polar surface area (TPSA) is 98.7 Å². The van der Waals surface area contributed by atoms with E-state index >= 15 is 0 Å². The average molecular weight is 293 g/mol. The zero-order valence-corrected chi connectivity index (χ0v) is 11.9. The van der Waals surface area contributed by atoms with E-state index in [4.69, 9.17) is 10.5 Å². The molecular weight excluding hydrogens is 274 g/mol. The number of fused-ring (bicyclic) bond motifs is 1. The van der Waals surface area contributed by atoms with Crippen LogP contribution in [0.4, 0.5) is 11.4 Å². The van der Waals surface area contributed by atoms with Gasteiger partial charge >= 0.3 is 0 Å². The van der Waals surface area contributed by atoms with Gasteiger partial charge in [-0.3, -0.25) is 14.9 Å². The maximum atomic E-state index is 12.4. The molecule has 1 aliphatic heterocycles. The number of carbonyl (C=O) groups excluding carboxylic acids is 1. The summed E-state index contributed by atoms with van der Waals surface area (Å²) in [5.74, 6) is 0.363. The Bertz CT molecular complexity index is 547. The molecular formula is C14H19N3O4. The number of nitro benzene ring substituents is 1. The molecule has 1 heterocycles. The number of non-ortho nitro benzene ring substituents is 1. The number of amides is 1. The van der Waals surface area contributed by atoms with Crippen molar-refractivity contribution in [2.45, 2.75) is 32.3 Å². The number of ether oxygens (including phenoxy) is 1. The lowest BCUT2D eigenvalue weighted by molar-refractivity contribution is -0.384. The van der Waals surface area contributed by atoms with Gasteiger partial charge in [0.05, 0.1) is 10.6 Å². The van der Waals surface area contributed by atoms with Crippen molar-refractivity contribution in [3.05, 3.63) is 28.3 Å². The minimum Gasteiger partial charge on any atom is -0.478 e. The summed E-state index contributed by atoms with van der Waals surface area (Å²) in [6.45, 7) is 2.92. The Kier molecular flexibility index (Phi) is 4.74. The first-order valence-corrected chi connectivity index (χ1v) is 7.05. The van der Waals surface area contributed by atoms with Gasteiger partial charge in [-0.15, -0.1) is 0 Å². The normalized spacial score (nSPS) is 17.3. The molecule has 1 aromatic carbocycles. The van der Waals surface area contributed by atoms with Gasteiger partial charge in [0.15, 0.2) is 6.10 Å². The first-order valence-electron chi connectivity index (χ1n) is 7.05. The van der Waals surface area contributed by atoms with Crippen molar-refractivity contribution < 1.29 is 14.5 Å². The molecule has 0 spiro atoms. The highest BCUT2D eigenvalue weighted by atomic mass is 16.6. The predicted octanol–water partition coefficient (Wildman–Crippen LogP) is 1.84. The quantitative estimate of drug-likeness (QED) is 0.490. The number of hydrogen-bond acceptors (Lipinski definition) is 5. The van der Waals surface area contributed by atoms with Crippen LogP contribution < -0.4 is 15.4 Å². The molecule has 7 heteroatoms. The van der Waals surface area contributed by atoms with Crippen LogP contribution >= 0.6 is 0 Å². The van der Waals surface area contributed by atoms with Crippen molar-refractivity contribution in [2.75, 3.05) is 18.0 Å². The molecule has 1 aromatic rings. The molecule has 21 heavy (non-hydrogen) atoms. The van der Waals surface area contributed by atoms with Gasteiger partial charge in [0, 0.05) is 18.7 Å². The van der Waals surface area contributed by atoms with Crippen molar-refractivity contribution in [3.8, 4) is 5.75 Å². The van der Waals surface area contributed by atoms with Crippen LogP contribution in [-0.4, -0.2) is 30.0 Å². The fraction of sp³-hybridized carbons (Fsp3) is 0.500. The number of rotatable bonds is 6. The molecule has 7 nitrogen and oxygen atoms in total. The largest absolute Gasteiger partial charge is 0.478 e. The lowest BCUT2D eigenvalue weighted by atomic mass is 10.1. The summed E-state index contributed by atoms with van der Waals surface area (Å²) in [5, 5.41) is 10.9. The number of carbonyl (C=O) groups is 1. The van der Waals surface area contributed by atoms with E-state index in [0.717, 1.165) is 12.8 Å². The molecule has 0 aromatic heterocycles. The van der Waals surface area contributed by atoms with E-state index in [2.05, 4.69) is 0 Å². The molecule has 0 radical (unpaired) electrons. The zero-order chi connectivity index (χ0) is 15.4. The molecule has 0 saturated heterocycles. The summed E-state index contributed by atoms with van der Waals surface area (Å²) in [5.41, 5.74) is 5.89. The van der Waals surface area contributed by atoms with E-state index in [1.807, 2.05) is 6.92 Å². The van der Waals surface area contributed by atoms with Gasteiger partial charge in [-0.2, -0.15) is 0 Å². The Morgan fingerprint density at radius 2 is 2.19 bits per heavy atom. The van der Waals surface area contributed by atoms with Gasteiger partial charge in [0.1, 0.15) is 5.75 Å². The highest BCUT2D eigenvalue weighted by Crippen LogP contribution is 2.37. The summed E-state index contributed by atoms with van der Waals surface area (Å²) in [7, 11) is 0. The number of unbranched alkanes of at least 4 members (excludes halogenated alkanes) is 1. The number of nitro groups is 1. The van der Waals surface area contributed by atoms with Gasteiger partial charge in [-0.1, -0.05) is 6.92 Å².